The smallest absolute Gasteiger partial charge is 0.269 e. The SMILES string of the molecule is Cc1ccc(-n2ncc3c(NNC(=O)c4ccccc4)ncnc32)cc1Cl. The van der Waals surface area contributed by atoms with Crippen LogP contribution < -0.4 is 10.9 Å². The Bertz CT molecular complexity index is 1130. The standard InChI is InChI=1S/C19H15ClN6O/c1-12-7-8-14(9-16(12)20)26-18-15(10-23-26)17(21-11-22-18)24-25-19(27)13-5-3-2-4-6-13/h2-11H,1H3,(H,25,27)(H,21,22,24). The summed E-state index contributed by atoms with van der Waals surface area (Å²) in [5, 5.41) is 5.71. The highest BCUT2D eigenvalue weighted by Gasteiger charge is 2.13. The molecule has 0 unspecified atom stereocenters. The lowest BCUT2D eigenvalue weighted by Crippen LogP contribution is -2.29. The summed E-state index contributed by atoms with van der Waals surface area (Å²) in [6, 6.07) is 14.6. The highest BCUT2D eigenvalue weighted by atomic mass is 35.5. The predicted molar refractivity (Wildman–Crippen MR) is 104 cm³/mol. The molecule has 2 heterocycles. The van der Waals surface area contributed by atoms with Crippen molar-refractivity contribution in [2.45, 2.75) is 6.92 Å². The molecular formula is C19H15ClN6O. The minimum absolute atomic E-state index is 0.264. The van der Waals surface area contributed by atoms with Crippen LogP contribution in [0.25, 0.3) is 16.7 Å². The highest BCUT2D eigenvalue weighted by Crippen LogP contribution is 2.24. The van der Waals surface area contributed by atoms with Crippen LogP contribution in [0.15, 0.2) is 61.1 Å². The number of nitrogens with zero attached hydrogens (tertiary/aromatic N) is 4. The van der Waals surface area contributed by atoms with Crippen LogP contribution in [0.4, 0.5) is 5.82 Å². The van der Waals surface area contributed by atoms with Crippen molar-refractivity contribution in [1.29, 1.82) is 0 Å². The van der Waals surface area contributed by atoms with Crippen molar-refractivity contribution in [1.82, 2.24) is 25.2 Å². The third kappa shape index (κ3) is 3.32. The van der Waals surface area contributed by atoms with Crippen molar-refractivity contribution >= 4 is 34.4 Å². The minimum atomic E-state index is -0.264. The molecule has 2 aromatic carbocycles. The van der Waals surface area contributed by atoms with E-state index >= 15 is 0 Å². The Balaban J connectivity index is 1.63. The maximum atomic E-state index is 12.2. The molecule has 1 amide bonds. The molecule has 27 heavy (non-hydrogen) atoms. The minimum Gasteiger partial charge on any atom is -0.281 e. The van der Waals surface area contributed by atoms with Gasteiger partial charge in [-0.3, -0.25) is 15.6 Å². The summed E-state index contributed by atoms with van der Waals surface area (Å²) in [4.78, 5) is 20.7. The zero-order valence-electron chi connectivity index (χ0n) is 14.3. The van der Waals surface area contributed by atoms with Gasteiger partial charge in [-0.05, 0) is 36.8 Å². The van der Waals surface area contributed by atoms with Gasteiger partial charge in [-0.15, -0.1) is 0 Å². The molecule has 0 saturated heterocycles. The van der Waals surface area contributed by atoms with E-state index < -0.39 is 0 Å². The quantitative estimate of drug-likeness (QED) is 0.530. The van der Waals surface area contributed by atoms with Gasteiger partial charge >= 0.3 is 0 Å². The molecule has 0 saturated carbocycles. The van der Waals surface area contributed by atoms with Gasteiger partial charge in [-0.2, -0.15) is 5.10 Å². The third-order valence-corrected chi connectivity index (χ3v) is 4.50. The lowest BCUT2D eigenvalue weighted by molar-refractivity contribution is 0.0962. The monoisotopic (exact) mass is 378 g/mol. The van der Waals surface area contributed by atoms with Crippen molar-refractivity contribution in [3.8, 4) is 5.69 Å². The Morgan fingerprint density at radius 1 is 1.11 bits per heavy atom. The first kappa shape index (κ1) is 17.0. The molecular weight excluding hydrogens is 364 g/mol. The fourth-order valence-electron chi connectivity index (χ4n) is 2.62. The van der Waals surface area contributed by atoms with Gasteiger partial charge in [0.25, 0.3) is 5.91 Å². The zero-order valence-corrected chi connectivity index (χ0v) is 15.1. The summed E-state index contributed by atoms with van der Waals surface area (Å²) in [5.74, 6) is 0.189. The third-order valence-electron chi connectivity index (χ3n) is 4.10. The molecule has 8 heteroatoms. The number of aryl methyl sites for hydroxylation is 1. The normalized spacial score (nSPS) is 10.7. The fraction of sp³-hybridized carbons (Fsp3) is 0.0526. The number of rotatable bonds is 4. The number of hydrogen-bond acceptors (Lipinski definition) is 5. The second-order valence-electron chi connectivity index (χ2n) is 5.89. The Morgan fingerprint density at radius 2 is 1.93 bits per heavy atom. The summed E-state index contributed by atoms with van der Waals surface area (Å²) >= 11 is 6.22. The second-order valence-corrected chi connectivity index (χ2v) is 6.30. The first-order valence-corrected chi connectivity index (χ1v) is 8.58. The molecule has 0 spiro atoms. The number of amides is 1. The van der Waals surface area contributed by atoms with E-state index in [0.29, 0.717) is 27.4 Å². The average Bonchev–Trinajstić information content (AvgIpc) is 3.13. The molecule has 4 aromatic rings. The topological polar surface area (TPSA) is 84.7 Å². The average molecular weight is 379 g/mol. The molecule has 0 bridgehead atoms. The maximum Gasteiger partial charge on any atom is 0.269 e. The summed E-state index contributed by atoms with van der Waals surface area (Å²) < 4.78 is 1.67. The summed E-state index contributed by atoms with van der Waals surface area (Å²) in [6.07, 6.45) is 3.05. The molecule has 7 nitrogen and oxygen atoms in total. The highest BCUT2D eigenvalue weighted by molar-refractivity contribution is 6.31. The van der Waals surface area contributed by atoms with Gasteiger partial charge in [0.15, 0.2) is 11.5 Å². The van der Waals surface area contributed by atoms with Gasteiger partial charge in [0.1, 0.15) is 6.33 Å². The Labute approximate surface area is 160 Å². The number of fused-ring (bicyclic) bond motifs is 1. The number of benzene rings is 2. The van der Waals surface area contributed by atoms with E-state index in [1.807, 2.05) is 31.2 Å². The number of carbonyl (C=O) groups is 1. The number of hydrogen-bond donors (Lipinski definition) is 2. The van der Waals surface area contributed by atoms with Crippen molar-refractivity contribution in [2.24, 2.45) is 0 Å². The maximum absolute atomic E-state index is 12.2. The van der Waals surface area contributed by atoms with Gasteiger partial charge < -0.3 is 0 Å². The lowest BCUT2D eigenvalue weighted by atomic mass is 10.2. The fourth-order valence-corrected chi connectivity index (χ4v) is 2.80. The molecule has 4 rings (SSSR count). The molecule has 0 atom stereocenters. The van der Waals surface area contributed by atoms with Gasteiger partial charge in [-0.1, -0.05) is 35.9 Å². The zero-order chi connectivity index (χ0) is 18.8. The molecule has 0 aliphatic heterocycles. The van der Waals surface area contributed by atoms with Crippen LogP contribution in [0.3, 0.4) is 0 Å². The molecule has 0 aliphatic rings. The van der Waals surface area contributed by atoms with Gasteiger partial charge in [0.05, 0.1) is 17.3 Å². The molecule has 2 aromatic heterocycles. The van der Waals surface area contributed by atoms with Crippen LogP contribution >= 0.6 is 11.6 Å². The number of anilines is 1. The summed E-state index contributed by atoms with van der Waals surface area (Å²) in [6.45, 7) is 1.94. The van der Waals surface area contributed by atoms with Gasteiger partial charge in [0.2, 0.25) is 0 Å². The first-order chi connectivity index (χ1) is 13.1. The van der Waals surface area contributed by atoms with Crippen molar-refractivity contribution in [2.75, 3.05) is 5.43 Å². The second kappa shape index (κ2) is 7.05. The van der Waals surface area contributed by atoms with Crippen molar-refractivity contribution in [3.63, 3.8) is 0 Å². The predicted octanol–water partition coefficient (Wildman–Crippen LogP) is 3.53. The van der Waals surface area contributed by atoms with E-state index in [1.54, 1.807) is 35.1 Å². The van der Waals surface area contributed by atoms with E-state index in [0.717, 1.165) is 11.3 Å². The Morgan fingerprint density at radius 3 is 2.70 bits per heavy atom. The Kier molecular flexibility index (Phi) is 4.43. The first-order valence-electron chi connectivity index (χ1n) is 8.20. The van der Waals surface area contributed by atoms with E-state index in [9.17, 15) is 4.79 Å². The van der Waals surface area contributed by atoms with Crippen LogP contribution in [-0.2, 0) is 0 Å². The van der Waals surface area contributed by atoms with Gasteiger partial charge in [0, 0.05) is 10.6 Å². The molecule has 134 valence electrons. The van der Waals surface area contributed by atoms with Crippen LogP contribution in [0, 0.1) is 6.92 Å². The van der Waals surface area contributed by atoms with E-state index in [-0.39, 0.29) is 5.91 Å². The summed E-state index contributed by atoms with van der Waals surface area (Å²) in [7, 11) is 0. The largest absolute Gasteiger partial charge is 0.281 e. The van der Waals surface area contributed by atoms with Crippen LogP contribution in [0.5, 0.6) is 0 Å². The number of aromatic nitrogens is 4. The molecule has 0 fully saturated rings. The van der Waals surface area contributed by atoms with Crippen LogP contribution in [0.2, 0.25) is 5.02 Å². The van der Waals surface area contributed by atoms with Crippen LogP contribution in [-0.4, -0.2) is 25.7 Å². The number of hydrazine groups is 1. The Hall–Kier alpha value is -3.45. The van der Waals surface area contributed by atoms with Crippen molar-refractivity contribution < 1.29 is 4.79 Å². The number of nitrogens with one attached hydrogen (secondary N) is 2. The van der Waals surface area contributed by atoms with E-state index in [2.05, 4.69) is 25.9 Å². The van der Waals surface area contributed by atoms with Crippen LogP contribution in [0.1, 0.15) is 15.9 Å². The molecule has 0 radical (unpaired) electrons. The molecule has 0 aliphatic carbocycles. The van der Waals surface area contributed by atoms with Gasteiger partial charge in [-0.25, -0.2) is 14.6 Å². The number of carbonyl (C=O) groups excluding carboxylic acids is 1. The lowest BCUT2D eigenvalue weighted by Gasteiger charge is -2.09. The summed E-state index contributed by atoms with van der Waals surface area (Å²) in [5.41, 5.74) is 8.39. The van der Waals surface area contributed by atoms with Crippen molar-refractivity contribution in [3.05, 3.63) is 77.2 Å². The van der Waals surface area contributed by atoms with E-state index in [1.165, 1.54) is 6.33 Å². The molecule has 2 N–H and O–H groups in total. The van der Waals surface area contributed by atoms with E-state index in [4.69, 9.17) is 11.6 Å². The number of halogens is 1.